The highest BCUT2D eigenvalue weighted by Gasteiger charge is 2.35. The van der Waals surface area contributed by atoms with Crippen molar-refractivity contribution in [3.8, 4) is 22.3 Å². The molecule has 0 saturated heterocycles. The smallest absolute Gasteiger partial charge is 0.0468 e. The maximum atomic E-state index is 6.08. The lowest BCUT2D eigenvalue weighted by Crippen LogP contribution is -2.15. The molecule has 35 heavy (non-hydrogen) atoms. The van der Waals surface area contributed by atoms with Gasteiger partial charge in [0, 0.05) is 27.5 Å². The zero-order valence-corrected chi connectivity index (χ0v) is 20.6. The molecule has 170 valence electrons. The fraction of sp³-hybridized carbons (Fsp3) is 0.0909. The van der Waals surface area contributed by atoms with E-state index < -0.39 is 0 Å². The quantitative estimate of drug-likeness (QED) is 0.252. The predicted octanol–water partition coefficient (Wildman–Crippen LogP) is 9.78. The van der Waals surface area contributed by atoms with Crippen LogP contribution in [0.3, 0.4) is 0 Å². The molecule has 0 saturated carbocycles. The number of hydrogen-bond acceptors (Lipinski definition) is 1. The summed E-state index contributed by atoms with van der Waals surface area (Å²) < 4.78 is 0. The Balaban J connectivity index is 1.46. The van der Waals surface area contributed by atoms with E-state index in [-0.39, 0.29) is 5.41 Å². The minimum atomic E-state index is 0.00224. The monoisotopic (exact) mass is 471 g/mol. The van der Waals surface area contributed by atoms with Gasteiger partial charge < -0.3 is 4.90 Å². The standard InChI is InChI=1S/C33H26ClN/c1-33(2)31-11-7-6-10-29(31)30-22-28(20-21-32(30)33)35(26-8-4-3-5-9-26)27-18-14-24(15-19-27)23-12-16-25(34)17-13-23/h3-22H,1-2H3. The first kappa shape index (κ1) is 21.7. The van der Waals surface area contributed by atoms with Crippen molar-refractivity contribution in [2.45, 2.75) is 19.3 Å². The van der Waals surface area contributed by atoms with Gasteiger partial charge in [-0.15, -0.1) is 0 Å². The Kier molecular flexibility index (Phi) is 5.24. The predicted molar refractivity (Wildman–Crippen MR) is 149 cm³/mol. The first-order valence-corrected chi connectivity index (χ1v) is 12.4. The number of para-hydroxylation sites is 1. The van der Waals surface area contributed by atoms with Gasteiger partial charge in [0.25, 0.3) is 0 Å². The molecule has 1 aliphatic carbocycles. The molecule has 2 heteroatoms. The van der Waals surface area contributed by atoms with Gasteiger partial charge in [-0.1, -0.05) is 98.2 Å². The molecule has 0 radical (unpaired) electrons. The summed E-state index contributed by atoms with van der Waals surface area (Å²) in [4.78, 5) is 2.33. The highest BCUT2D eigenvalue weighted by atomic mass is 35.5. The fourth-order valence-electron chi connectivity index (χ4n) is 5.32. The summed E-state index contributed by atoms with van der Waals surface area (Å²) in [7, 11) is 0. The molecule has 0 aliphatic heterocycles. The lowest BCUT2D eigenvalue weighted by atomic mass is 9.82. The van der Waals surface area contributed by atoms with Crippen molar-refractivity contribution in [1.29, 1.82) is 0 Å². The first-order chi connectivity index (χ1) is 17.0. The van der Waals surface area contributed by atoms with Crippen LogP contribution in [-0.4, -0.2) is 0 Å². The Morgan fingerprint density at radius 1 is 0.514 bits per heavy atom. The van der Waals surface area contributed by atoms with E-state index in [1.807, 2.05) is 12.1 Å². The van der Waals surface area contributed by atoms with Crippen LogP contribution in [0.1, 0.15) is 25.0 Å². The second kappa shape index (κ2) is 8.45. The summed E-state index contributed by atoms with van der Waals surface area (Å²) >= 11 is 6.08. The summed E-state index contributed by atoms with van der Waals surface area (Å²) in [6.45, 7) is 4.64. The van der Waals surface area contributed by atoms with Crippen molar-refractivity contribution in [1.82, 2.24) is 0 Å². The molecule has 0 spiro atoms. The van der Waals surface area contributed by atoms with Gasteiger partial charge in [0.2, 0.25) is 0 Å². The second-order valence-electron chi connectivity index (χ2n) is 9.63. The summed E-state index contributed by atoms with van der Waals surface area (Å²) in [5, 5.41) is 0.752. The molecule has 5 aromatic rings. The zero-order chi connectivity index (χ0) is 24.0. The summed E-state index contributed by atoms with van der Waals surface area (Å²) in [6.07, 6.45) is 0. The van der Waals surface area contributed by atoms with Gasteiger partial charge in [0.05, 0.1) is 0 Å². The molecule has 0 amide bonds. The number of anilines is 3. The van der Waals surface area contributed by atoms with Crippen molar-refractivity contribution in [3.05, 3.63) is 137 Å². The molecule has 0 heterocycles. The Morgan fingerprint density at radius 3 is 1.77 bits per heavy atom. The van der Waals surface area contributed by atoms with Crippen LogP contribution in [0.15, 0.2) is 121 Å². The fourth-order valence-corrected chi connectivity index (χ4v) is 5.44. The minimum absolute atomic E-state index is 0.00224. The minimum Gasteiger partial charge on any atom is -0.310 e. The number of nitrogens with zero attached hydrogens (tertiary/aromatic N) is 1. The zero-order valence-electron chi connectivity index (χ0n) is 19.9. The Hall–Kier alpha value is -3.81. The van der Waals surface area contributed by atoms with Gasteiger partial charge in [-0.2, -0.15) is 0 Å². The third kappa shape index (κ3) is 3.73. The van der Waals surface area contributed by atoms with Crippen LogP contribution >= 0.6 is 11.6 Å². The van der Waals surface area contributed by atoms with Crippen LogP contribution in [0, 0.1) is 0 Å². The van der Waals surface area contributed by atoms with E-state index in [9.17, 15) is 0 Å². The van der Waals surface area contributed by atoms with Gasteiger partial charge >= 0.3 is 0 Å². The van der Waals surface area contributed by atoms with Crippen LogP contribution < -0.4 is 4.90 Å². The van der Waals surface area contributed by atoms with Gasteiger partial charge in [0.1, 0.15) is 0 Å². The Labute approximate surface area is 212 Å². The lowest BCUT2D eigenvalue weighted by molar-refractivity contribution is 0.660. The molecule has 0 unspecified atom stereocenters. The van der Waals surface area contributed by atoms with E-state index in [0.29, 0.717) is 0 Å². The van der Waals surface area contributed by atoms with Crippen LogP contribution in [0.2, 0.25) is 5.02 Å². The number of rotatable bonds is 4. The number of benzene rings is 5. The molecule has 0 fully saturated rings. The molecule has 5 aromatic carbocycles. The Morgan fingerprint density at radius 2 is 1.06 bits per heavy atom. The van der Waals surface area contributed by atoms with Crippen molar-refractivity contribution < 1.29 is 0 Å². The van der Waals surface area contributed by atoms with E-state index in [1.165, 1.54) is 27.8 Å². The van der Waals surface area contributed by atoms with E-state index in [0.717, 1.165) is 27.6 Å². The largest absolute Gasteiger partial charge is 0.310 e. The Bertz CT molecular complexity index is 1500. The lowest BCUT2D eigenvalue weighted by Gasteiger charge is -2.27. The molecule has 0 aromatic heterocycles. The van der Waals surface area contributed by atoms with Crippen molar-refractivity contribution in [2.75, 3.05) is 4.90 Å². The molecule has 0 atom stereocenters. The molecular formula is C33H26ClN. The normalized spacial score (nSPS) is 13.2. The van der Waals surface area contributed by atoms with Crippen LogP contribution in [0.5, 0.6) is 0 Å². The van der Waals surface area contributed by atoms with Crippen LogP contribution in [0.25, 0.3) is 22.3 Å². The third-order valence-electron chi connectivity index (χ3n) is 7.14. The molecule has 0 bridgehead atoms. The first-order valence-electron chi connectivity index (χ1n) is 12.0. The van der Waals surface area contributed by atoms with E-state index in [4.69, 9.17) is 11.6 Å². The van der Waals surface area contributed by atoms with Gasteiger partial charge in [-0.3, -0.25) is 0 Å². The van der Waals surface area contributed by atoms with Crippen molar-refractivity contribution in [3.63, 3.8) is 0 Å². The van der Waals surface area contributed by atoms with E-state index in [2.05, 4.69) is 128 Å². The van der Waals surface area contributed by atoms with Crippen molar-refractivity contribution >= 4 is 28.7 Å². The summed E-state index contributed by atoms with van der Waals surface area (Å²) in [5.41, 5.74) is 11.2. The van der Waals surface area contributed by atoms with Gasteiger partial charge in [-0.25, -0.2) is 0 Å². The average Bonchev–Trinajstić information content (AvgIpc) is 3.12. The summed E-state index contributed by atoms with van der Waals surface area (Å²) in [5.74, 6) is 0. The molecule has 6 rings (SSSR count). The third-order valence-corrected chi connectivity index (χ3v) is 7.39. The maximum absolute atomic E-state index is 6.08. The van der Waals surface area contributed by atoms with Crippen LogP contribution in [0.4, 0.5) is 17.1 Å². The SMILES string of the molecule is CC1(C)c2ccccc2-c2cc(N(c3ccccc3)c3ccc(-c4ccc(Cl)cc4)cc3)ccc21. The summed E-state index contributed by atoms with van der Waals surface area (Å²) in [6, 6.07) is 43.0. The maximum Gasteiger partial charge on any atom is 0.0468 e. The molecule has 0 N–H and O–H groups in total. The highest BCUT2D eigenvalue weighted by Crippen LogP contribution is 2.50. The molecule has 1 aliphatic rings. The van der Waals surface area contributed by atoms with Crippen molar-refractivity contribution in [2.24, 2.45) is 0 Å². The second-order valence-corrected chi connectivity index (χ2v) is 10.1. The van der Waals surface area contributed by atoms with Gasteiger partial charge in [0.15, 0.2) is 0 Å². The van der Waals surface area contributed by atoms with E-state index in [1.54, 1.807) is 0 Å². The number of halogens is 1. The highest BCUT2D eigenvalue weighted by molar-refractivity contribution is 6.30. The van der Waals surface area contributed by atoms with E-state index >= 15 is 0 Å². The number of fused-ring (bicyclic) bond motifs is 3. The topological polar surface area (TPSA) is 3.24 Å². The van der Waals surface area contributed by atoms with Gasteiger partial charge in [-0.05, 0) is 81.9 Å². The molecule has 1 nitrogen and oxygen atoms in total. The average molecular weight is 472 g/mol. The molecular weight excluding hydrogens is 446 g/mol. The van der Waals surface area contributed by atoms with Crippen LogP contribution in [-0.2, 0) is 5.41 Å². The number of hydrogen-bond donors (Lipinski definition) is 0.